The maximum Gasteiger partial charge on any atom is 0.231 e. The van der Waals surface area contributed by atoms with E-state index in [1.54, 1.807) is 20.2 Å². The van der Waals surface area contributed by atoms with Gasteiger partial charge in [0.2, 0.25) is 5.91 Å². The van der Waals surface area contributed by atoms with Gasteiger partial charge in [-0.2, -0.15) is 0 Å². The molecular formula is C20H19N5O. The van der Waals surface area contributed by atoms with Crippen LogP contribution in [0, 0.1) is 17.3 Å². The molecule has 0 aliphatic carbocycles. The molecule has 4 rings (SSSR count). The van der Waals surface area contributed by atoms with Crippen LogP contribution in [-0.4, -0.2) is 33.2 Å². The van der Waals surface area contributed by atoms with Crippen LogP contribution in [0.4, 0.5) is 0 Å². The van der Waals surface area contributed by atoms with Gasteiger partial charge >= 0.3 is 0 Å². The zero-order valence-corrected chi connectivity index (χ0v) is 14.9. The number of amides is 1. The lowest BCUT2D eigenvalue weighted by atomic mass is 9.87. The molecule has 4 heterocycles. The summed E-state index contributed by atoms with van der Waals surface area (Å²) < 4.78 is 2.07. The van der Waals surface area contributed by atoms with Crippen molar-refractivity contribution < 1.29 is 4.79 Å². The Morgan fingerprint density at radius 2 is 2.15 bits per heavy atom. The second-order valence-corrected chi connectivity index (χ2v) is 6.80. The van der Waals surface area contributed by atoms with E-state index in [0.717, 1.165) is 27.7 Å². The van der Waals surface area contributed by atoms with Crippen molar-refractivity contribution in [2.45, 2.75) is 25.8 Å². The topological polar surface area (TPSA) is 73.5 Å². The lowest BCUT2D eigenvalue weighted by Gasteiger charge is -2.39. The maximum atomic E-state index is 12.2. The zero-order valence-electron chi connectivity index (χ0n) is 14.9. The molecule has 2 N–H and O–H groups in total. The SMILES string of the molecule is CC#Cc1cnc2cc3ccc(C4(C)CC(=O)N(C)C(=N)N4)cn3c2c1. The summed E-state index contributed by atoms with van der Waals surface area (Å²) in [6.45, 7) is 3.75. The van der Waals surface area contributed by atoms with Gasteiger partial charge in [0.25, 0.3) is 0 Å². The van der Waals surface area contributed by atoms with Gasteiger partial charge in [0.1, 0.15) is 0 Å². The highest BCUT2D eigenvalue weighted by Gasteiger charge is 2.38. The van der Waals surface area contributed by atoms with E-state index in [0.29, 0.717) is 6.42 Å². The minimum atomic E-state index is -0.625. The van der Waals surface area contributed by atoms with Crippen LogP contribution in [0.1, 0.15) is 31.4 Å². The number of hydrogen-bond donors (Lipinski definition) is 2. The lowest BCUT2D eigenvalue weighted by Crippen LogP contribution is -2.58. The number of carbonyl (C=O) groups excluding carboxylic acids is 1. The average molecular weight is 345 g/mol. The van der Waals surface area contributed by atoms with E-state index in [1.165, 1.54) is 4.90 Å². The van der Waals surface area contributed by atoms with Crippen molar-refractivity contribution in [1.82, 2.24) is 19.6 Å². The van der Waals surface area contributed by atoms with Gasteiger partial charge in [-0.25, -0.2) is 0 Å². The van der Waals surface area contributed by atoms with Gasteiger partial charge in [0, 0.05) is 30.5 Å². The van der Waals surface area contributed by atoms with Crippen LogP contribution in [0.25, 0.3) is 16.6 Å². The Hall–Kier alpha value is -3.33. The predicted molar refractivity (Wildman–Crippen MR) is 101 cm³/mol. The Kier molecular flexibility index (Phi) is 3.48. The normalized spacial score (nSPS) is 20.2. The van der Waals surface area contributed by atoms with E-state index in [4.69, 9.17) is 5.41 Å². The van der Waals surface area contributed by atoms with E-state index >= 15 is 0 Å². The lowest BCUT2D eigenvalue weighted by molar-refractivity contribution is -0.129. The molecule has 3 aromatic rings. The third-order valence-electron chi connectivity index (χ3n) is 4.94. The molecule has 1 fully saturated rings. The fraction of sp³-hybridized carbons (Fsp3) is 0.250. The number of nitrogens with zero attached hydrogens (tertiary/aromatic N) is 3. The molecule has 6 heteroatoms. The first-order valence-electron chi connectivity index (χ1n) is 8.39. The smallest absolute Gasteiger partial charge is 0.231 e. The highest BCUT2D eigenvalue weighted by atomic mass is 16.2. The molecule has 6 nitrogen and oxygen atoms in total. The Morgan fingerprint density at radius 3 is 2.88 bits per heavy atom. The molecule has 3 aromatic heterocycles. The van der Waals surface area contributed by atoms with Crippen molar-refractivity contribution in [1.29, 1.82) is 5.41 Å². The molecule has 0 radical (unpaired) electrons. The summed E-state index contributed by atoms with van der Waals surface area (Å²) in [6, 6.07) is 8.06. The molecule has 1 saturated heterocycles. The van der Waals surface area contributed by atoms with Crippen LogP contribution in [-0.2, 0) is 10.3 Å². The quantitative estimate of drug-likeness (QED) is 0.666. The summed E-state index contributed by atoms with van der Waals surface area (Å²) in [6.07, 6.45) is 4.09. The van der Waals surface area contributed by atoms with Gasteiger partial charge in [-0.1, -0.05) is 12.0 Å². The zero-order chi connectivity index (χ0) is 18.5. The molecule has 1 aliphatic heterocycles. The highest BCUT2D eigenvalue weighted by Crippen LogP contribution is 2.30. The minimum Gasteiger partial charge on any atom is -0.346 e. The molecule has 26 heavy (non-hydrogen) atoms. The molecule has 1 atom stereocenters. The number of carbonyl (C=O) groups is 1. The number of pyridine rings is 2. The van der Waals surface area contributed by atoms with Gasteiger partial charge < -0.3 is 9.72 Å². The Morgan fingerprint density at radius 1 is 1.35 bits per heavy atom. The first-order valence-corrected chi connectivity index (χ1v) is 8.39. The molecule has 130 valence electrons. The third-order valence-corrected chi connectivity index (χ3v) is 4.94. The Bertz CT molecular complexity index is 1110. The first-order chi connectivity index (χ1) is 12.4. The molecule has 1 amide bonds. The summed E-state index contributed by atoms with van der Waals surface area (Å²) in [5.41, 5.74) is 4.08. The fourth-order valence-corrected chi connectivity index (χ4v) is 3.39. The molecule has 0 spiro atoms. The number of guanidine groups is 1. The van der Waals surface area contributed by atoms with E-state index in [2.05, 4.69) is 26.5 Å². The van der Waals surface area contributed by atoms with Gasteiger partial charge in [0.15, 0.2) is 5.96 Å². The molecule has 0 saturated carbocycles. The fourth-order valence-electron chi connectivity index (χ4n) is 3.39. The van der Waals surface area contributed by atoms with E-state index in [1.807, 2.05) is 37.4 Å². The van der Waals surface area contributed by atoms with Crippen molar-refractivity contribution in [3.8, 4) is 11.8 Å². The number of rotatable bonds is 1. The van der Waals surface area contributed by atoms with Crippen LogP contribution in [0.2, 0.25) is 0 Å². The van der Waals surface area contributed by atoms with Gasteiger partial charge in [0.05, 0.1) is 23.0 Å². The van der Waals surface area contributed by atoms with Crippen molar-refractivity contribution >= 4 is 28.4 Å². The van der Waals surface area contributed by atoms with E-state index < -0.39 is 5.54 Å². The van der Waals surface area contributed by atoms with Gasteiger partial charge in [-0.05, 0) is 37.6 Å². The van der Waals surface area contributed by atoms with Crippen molar-refractivity contribution in [2.75, 3.05) is 7.05 Å². The first kappa shape index (κ1) is 16.2. The van der Waals surface area contributed by atoms with Crippen LogP contribution in [0.5, 0.6) is 0 Å². The minimum absolute atomic E-state index is 0.0733. The van der Waals surface area contributed by atoms with Crippen LogP contribution in [0.15, 0.2) is 36.7 Å². The Balaban J connectivity index is 1.87. The summed E-state index contributed by atoms with van der Waals surface area (Å²) in [5, 5.41) is 11.2. The molecule has 1 aliphatic rings. The van der Waals surface area contributed by atoms with Crippen molar-refractivity contribution in [2.24, 2.45) is 0 Å². The molecule has 1 unspecified atom stereocenters. The van der Waals surface area contributed by atoms with Crippen LogP contribution < -0.4 is 5.32 Å². The van der Waals surface area contributed by atoms with Crippen LogP contribution in [0.3, 0.4) is 0 Å². The maximum absolute atomic E-state index is 12.2. The largest absolute Gasteiger partial charge is 0.346 e. The summed E-state index contributed by atoms with van der Waals surface area (Å²) in [7, 11) is 1.61. The van der Waals surface area contributed by atoms with Crippen LogP contribution >= 0.6 is 0 Å². The number of hydrogen-bond acceptors (Lipinski definition) is 3. The summed E-state index contributed by atoms with van der Waals surface area (Å²) in [4.78, 5) is 18.1. The highest BCUT2D eigenvalue weighted by molar-refractivity contribution is 5.99. The predicted octanol–water partition coefficient (Wildman–Crippen LogP) is 2.46. The monoisotopic (exact) mass is 345 g/mol. The van der Waals surface area contributed by atoms with Gasteiger partial charge in [-0.3, -0.25) is 20.1 Å². The van der Waals surface area contributed by atoms with E-state index in [-0.39, 0.29) is 11.9 Å². The second kappa shape index (κ2) is 5.60. The summed E-state index contributed by atoms with van der Waals surface area (Å²) in [5.74, 6) is 5.98. The molecule has 0 aromatic carbocycles. The molecule has 0 bridgehead atoms. The number of fused-ring (bicyclic) bond motifs is 3. The standard InChI is InChI=1S/C20H19N5O/c1-4-5-13-8-17-16(22-11-13)9-15-7-6-14(12-25(15)17)20(2)10-18(26)24(3)19(21)23-20/h6-9,11-12H,10H2,1-3H3,(H2,21,23). The van der Waals surface area contributed by atoms with E-state index in [9.17, 15) is 4.79 Å². The summed E-state index contributed by atoms with van der Waals surface area (Å²) >= 11 is 0. The average Bonchev–Trinajstić information content (AvgIpc) is 2.97. The van der Waals surface area contributed by atoms with Gasteiger partial charge in [-0.15, -0.1) is 5.92 Å². The Labute approximate surface area is 151 Å². The number of nitrogens with one attached hydrogen (secondary N) is 2. The molecular weight excluding hydrogens is 326 g/mol. The van der Waals surface area contributed by atoms with Crippen molar-refractivity contribution in [3.63, 3.8) is 0 Å². The third kappa shape index (κ3) is 2.40. The second-order valence-electron chi connectivity index (χ2n) is 6.80. The van der Waals surface area contributed by atoms with Crippen molar-refractivity contribution in [3.05, 3.63) is 47.8 Å². The number of aromatic nitrogens is 2.